The van der Waals surface area contributed by atoms with Crippen molar-refractivity contribution in [3.05, 3.63) is 71.2 Å². The normalized spacial score (nSPS) is 13.1. The number of ether oxygens (including phenoxy) is 1. The summed E-state index contributed by atoms with van der Waals surface area (Å²) in [6.45, 7) is -3.25. The molecule has 0 aliphatic carbocycles. The van der Waals surface area contributed by atoms with Gasteiger partial charge in [-0.15, -0.1) is 0 Å². The maximum absolute atomic E-state index is 13.2. The van der Waals surface area contributed by atoms with Crippen molar-refractivity contribution in [2.24, 2.45) is 0 Å². The molecule has 160 valence electrons. The van der Waals surface area contributed by atoms with Gasteiger partial charge < -0.3 is 14.4 Å². The van der Waals surface area contributed by atoms with Crippen LogP contribution in [0.4, 0.5) is 27.6 Å². The number of quaternary nitrogens is 1. The molecule has 0 spiro atoms. The van der Waals surface area contributed by atoms with Crippen LogP contribution in [0.3, 0.4) is 0 Å². The van der Waals surface area contributed by atoms with Crippen LogP contribution in [0.1, 0.15) is 15.9 Å². The van der Waals surface area contributed by atoms with E-state index in [0.29, 0.717) is 0 Å². The Bertz CT molecular complexity index is 1270. The maximum Gasteiger partial charge on any atom is 0.416 e. The average molecular weight is 438 g/mol. The average Bonchev–Trinajstić information content (AvgIpc) is 3.12. The number of benzene rings is 2. The number of hydroxylamine groups is 1. The third-order valence-electron chi connectivity index (χ3n) is 4.52. The predicted octanol–water partition coefficient (Wildman–Crippen LogP) is 4.46. The van der Waals surface area contributed by atoms with Crippen LogP contribution in [0.2, 0.25) is 0 Å². The highest BCUT2D eigenvalue weighted by Crippen LogP contribution is 2.40. The van der Waals surface area contributed by atoms with Crippen molar-refractivity contribution in [3.8, 4) is 5.75 Å². The Balaban J connectivity index is 1.97. The van der Waals surface area contributed by atoms with E-state index in [-0.39, 0.29) is 33.2 Å². The number of rotatable bonds is 4. The molecule has 6 nitrogen and oxygen atoms in total. The molecule has 4 rings (SSSR count). The smallest absolute Gasteiger partial charge is 0.416 e. The zero-order valence-electron chi connectivity index (χ0n) is 15.2. The first-order chi connectivity index (χ1) is 14.7. The Labute approximate surface area is 170 Å². The number of amides is 1. The van der Waals surface area contributed by atoms with Gasteiger partial charge in [0.05, 0.1) is 11.1 Å². The van der Waals surface area contributed by atoms with Gasteiger partial charge in [0.15, 0.2) is 11.3 Å². The molecule has 0 radical (unpaired) electrons. The molecular weight excluding hydrogens is 427 g/mol. The Kier molecular flexibility index (Phi) is 5.07. The van der Waals surface area contributed by atoms with E-state index in [4.69, 9.17) is 4.42 Å². The van der Waals surface area contributed by atoms with Crippen LogP contribution in [0.25, 0.3) is 21.9 Å². The molecule has 0 aliphatic rings. The van der Waals surface area contributed by atoms with Crippen LogP contribution in [-0.2, 0) is 6.18 Å². The zero-order valence-corrected chi connectivity index (χ0v) is 15.2. The molecule has 1 N–H and O–H groups in total. The first-order valence-corrected chi connectivity index (χ1v) is 8.67. The second-order valence-electron chi connectivity index (χ2n) is 6.40. The number of hydrogen-bond acceptors (Lipinski definition) is 5. The van der Waals surface area contributed by atoms with Crippen LogP contribution in [-0.4, -0.2) is 17.5 Å². The first-order valence-electron chi connectivity index (χ1n) is 8.67. The van der Waals surface area contributed by atoms with Crippen LogP contribution >= 0.6 is 0 Å². The lowest BCUT2D eigenvalue weighted by molar-refractivity contribution is -0.679. The summed E-state index contributed by atoms with van der Waals surface area (Å²) in [5.41, 5.74) is -1.81. The molecule has 1 atom stereocenters. The summed E-state index contributed by atoms with van der Waals surface area (Å²) in [7, 11) is 0. The van der Waals surface area contributed by atoms with Gasteiger partial charge in [-0.2, -0.15) is 22.0 Å². The number of aromatic nitrogens is 1. The number of nitrogens with one attached hydrogen (secondary N) is 1. The maximum atomic E-state index is 13.2. The standard InChI is InChI=1S/C20H11F5N2O4/c21-19(22)31-15-4-2-12(18(28)27(29)11-5-7-26-8-6-11)16-13-9-10(20(23,24)25)1-3-14(13)30-17(15)16/h1-9,19,27H. The van der Waals surface area contributed by atoms with Crippen molar-refractivity contribution in [3.63, 3.8) is 0 Å². The molecule has 11 heteroatoms. The summed E-state index contributed by atoms with van der Waals surface area (Å²) in [6.07, 6.45) is -2.12. The minimum Gasteiger partial charge on any atom is -0.621 e. The zero-order chi connectivity index (χ0) is 22.3. The quantitative estimate of drug-likeness (QED) is 0.376. The number of pyridine rings is 1. The number of carbonyl (C=O) groups is 1. The van der Waals surface area contributed by atoms with E-state index >= 15 is 0 Å². The molecule has 0 saturated heterocycles. The van der Waals surface area contributed by atoms with Gasteiger partial charge in [-0.05, 0) is 30.3 Å². The molecule has 1 amide bonds. The number of halogens is 5. The summed E-state index contributed by atoms with van der Waals surface area (Å²) in [5.74, 6) is -1.54. The third kappa shape index (κ3) is 3.80. The molecule has 0 bridgehead atoms. The van der Waals surface area contributed by atoms with Gasteiger partial charge >= 0.3 is 18.7 Å². The van der Waals surface area contributed by atoms with Crippen molar-refractivity contribution in [1.29, 1.82) is 0 Å². The van der Waals surface area contributed by atoms with Crippen molar-refractivity contribution < 1.29 is 41.0 Å². The van der Waals surface area contributed by atoms with E-state index in [1.54, 1.807) is 0 Å². The molecule has 2 aromatic heterocycles. The molecular formula is C20H11F5N2O4. The van der Waals surface area contributed by atoms with Crippen molar-refractivity contribution in [2.45, 2.75) is 12.8 Å². The SMILES string of the molecule is O=C(c1ccc(OC(F)F)c2oc3ccc(C(F)(F)F)cc3c12)[NH+]([O-])c1ccncc1. The van der Waals surface area contributed by atoms with Gasteiger partial charge in [0.2, 0.25) is 0 Å². The summed E-state index contributed by atoms with van der Waals surface area (Å²) < 4.78 is 75.0. The summed E-state index contributed by atoms with van der Waals surface area (Å²) in [5, 5.41) is 11.2. The Morgan fingerprint density at radius 3 is 2.45 bits per heavy atom. The molecule has 2 aromatic carbocycles. The number of nitrogens with zero attached hydrogens (tertiary/aromatic N) is 1. The molecule has 0 aliphatic heterocycles. The lowest BCUT2D eigenvalue weighted by atomic mass is 10.0. The molecule has 4 aromatic rings. The Hall–Kier alpha value is -3.57. The van der Waals surface area contributed by atoms with Gasteiger partial charge in [0.25, 0.3) is 0 Å². The summed E-state index contributed by atoms with van der Waals surface area (Å²) in [4.78, 5) is 16.6. The van der Waals surface area contributed by atoms with Crippen LogP contribution in [0.5, 0.6) is 5.75 Å². The van der Waals surface area contributed by atoms with E-state index in [2.05, 4.69) is 9.72 Å². The van der Waals surface area contributed by atoms with Crippen molar-refractivity contribution in [2.75, 3.05) is 0 Å². The lowest BCUT2D eigenvalue weighted by Gasteiger charge is -2.19. The Morgan fingerprint density at radius 1 is 1.10 bits per heavy atom. The summed E-state index contributed by atoms with van der Waals surface area (Å²) in [6, 6.07) is 7.10. The van der Waals surface area contributed by atoms with Crippen molar-refractivity contribution in [1.82, 2.24) is 4.98 Å². The van der Waals surface area contributed by atoms with E-state index in [1.165, 1.54) is 24.5 Å². The van der Waals surface area contributed by atoms with Crippen LogP contribution in [0.15, 0.2) is 59.3 Å². The molecule has 31 heavy (non-hydrogen) atoms. The van der Waals surface area contributed by atoms with Crippen molar-refractivity contribution >= 4 is 33.5 Å². The second-order valence-corrected chi connectivity index (χ2v) is 6.40. The van der Waals surface area contributed by atoms with Gasteiger partial charge in [0, 0.05) is 35.3 Å². The minimum atomic E-state index is -4.70. The molecule has 0 saturated carbocycles. The largest absolute Gasteiger partial charge is 0.621 e. The highest BCUT2D eigenvalue weighted by molar-refractivity contribution is 6.16. The predicted molar refractivity (Wildman–Crippen MR) is 97.9 cm³/mol. The highest BCUT2D eigenvalue weighted by Gasteiger charge is 2.32. The molecule has 2 heterocycles. The first kappa shape index (κ1) is 20.7. The van der Waals surface area contributed by atoms with E-state index in [1.807, 2.05) is 0 Å². The fourth-order valence-corrected chi connectivity index (χ4v) is 3.17. The molecule has 0 fully saturated rings. The Morgan fingerprint density at radius 2 is 1.81 bits per heavy atom. The van der Waals surface area contributed by atoms with E-state index < -0.39 is 35.1 Å². The fraction of sp³-hybridized carbons (Fsp3) is 0.100. The number of alkyl halides is 5. The number of hydrogen-bond donors (Lipinski definition) is 1. The second kappa shape index (κ2) is 7.60. The minimum absolute atomic E-state index is 0.00448. The van der Waals surface area contributed by atoms with Crippen LogP contribution in [0, 0.1) is 5.21 Å². The summed E-state index contributed by atoms with van der Waals surface area (Å²) >= 11 is 0. The fourth-order valence-electron chi connectivity index (χ4n) is 3.17. The third-order valence-corrected chi connectivity index (χ3v) is 4.52. The number of furan rings is 1. The highest BCUT2D eigenvalue weighted by atomic mass is 19.4. The van der Waals surface area contributed by atoms with E-state index in [0.717, 1.165) is 30.3 Å². The van der Waals surface area contributed by atoms with Gasteiger partial charge in [-0.3, -0.25) is 10.0 Å². The van der Waals surface area contributed by atoms with Crippen LogP contribution < -0.4 is 9.80 Å². The van der Waals surface area contributed by atoms with Gasteiger partial charge in [-0.1, -0.05) is 0 Å². The molecule has 1 unspecified atom stereocenters. The topological polar surface area (TPSA) is 79.8 Å². The van der Waals surface area contributed by atoms with Gasteiger partial charge in [-0.25, -0.2) is 4.79 Å². The monoisotopic (exact) mass is 438 g/mol. The number of carbonyl (C=O) groups excluding carboxylic acids is 1. The lowest BCUT2D eigenvalue weighted by Crippen LogP contribution is -3.05. The van der Waals surface area contributed by atoms with Gasteiger partial charge in [0.1, 0.15) is 11.3 Å². The number of fused-ring (bicyclic) bond motifs is 3. The van der Waals surface area contributed by atoms with E-state index in [9.17, 15) is 32.0 Å².